The third-order valence-corrected chi connectivity index (χ3v) is 6.22. The monoisotopic (exact) mass is 314 g/mol. The van der Waals surface area contributed by atoms with Crippen LogP contribution in [0, 0.1) is 5.92 Å². The van der Waals surface area contributed by atoms with Gasteiger partial charge in [0, 0.05) is 11.3 Å². The maximum atomic E-state index is 12.8. The van der Waals surface area contributed by atoms with Gasteiger partial charge in [-0.1, -0.05) is 27.7 Å². The van der Waals surface area contributed by atoms with Crippen LogP contribution in [0.15, 0.2) is 0 Å². The van der Waals surface area contributed by atoms with Crippen molar-refractivity contribution in [1.29, 1.82) is 0 Å². The molecular weight excluding hydrogens is 284 g/mol. The van der Waals surface area contributed by atoms with E-state index in [1.807, 2.05) is 18.7 Å². The number of piperazine rings is 1. The average molecular weight is 314 g/mol. The van der Waals surface area contributed by atoms with Gasteiger partial charge in [0.25, 0.3) is 0 Å². The van der Waals surface area contributed by atoms with E-state index in [0.29, 0.717) is 6.54 Å². The summed E-state index contributed by atoms with van der Waals surface area (Å²) in [6, 6.07) is -0.366. The Morgan fingerprint density at radius 2 is 1.81 bits per heavy atom. The van der Waals surface area contributed by atoms with Crippen LogP contribution < -0.4 is 5.32 Å². The summed E-state index contributed by atoms with van der Waals surface area (Å²) >= 11 is 1.80. The molecule has 1 aliphatic heterocycles. The lowest BCUT2D eigenvalue weighted by atomic mass is 9.89. The largest absolute Gasteiger partial charge is 0.340 e. The molecule has 2 amide bonds. The van der Waals surface area contributed by atoms with Gasteiger partial charge in [0.05, 0.1) is 0 Å². The lowest BCUT2D eigenvalue weighted by molar-refractivity contribution is -0.155. The first-order valence-electron chi connectivity index (χ1n) is 7.82. The molecule has 0 saturated carbocycles. The second-order valence-electron chi connectivity index (χ2n) is 6.83. The van der Waals surface area contributed by atoms with Crippen molar-refractivity contribution in [1.82, 2.24) is 10.2 Å². The molecule has 122 valence electrons. The van der Waals surface area contributed by atoms with Crippen LogP contribution in [0.2, 0.25) is 0 Å². The molecule has 0 aromatic heterocycles. The molecule has 1 fully saturated rings. The summed E-state index contributed by atoms with van der Waals surface area (Å²) in [5.74, 6) is 0.108. The molecule has 1 atom stereocenters. The van der Waals surface area contributed by atoms with Crippen LogP contribution in [0.1, 0.15) is 54.4 Å². The highest BCUT2D eigenvalue weighted by Gasteiger charge is 2.48. The van der Waals surface area contributed by atoms with Gasteiger partial charge in [0.15, 0.2) is 0 Å². The molecule has 1 unspecified atom stereocenters. The van der Waals surface area contributed by atoms with Crippen LogP contribution in [-0.2, 0) is 9.59 Å². The Labute approximate surface area is 133 Å². The van der Waals surface area contributed by atoms with E-state index in [2.05, 4.69) is 25.4 Å². The van der Waals surface area contributed by atoms with E-state index in [9.17, 15) is 9.59 Å². The van der Waals surface area contributed by atoms with E-state index >= 15 is 0 Å². The number of nitrogens with zero attached hydrogens (tertiary/aromatic N) is 1. The zero-order chi connectivity index (χ0) is 16.4. The summed E-state index contributed by atoms with van der Waals surface area (Å²) in [5.41, 5.74) is -0.811. The Morgan fingerprint density at radius 1 is 1.29 bits per heavy atom. The summed E-state index contributed by atoms with van der Waals surface area (Å²) in [7, 11) is 0. The van der Waals surface area contributed by atoms with Gasteiger partial charge in [-0.3, -0.25) is 9.59 Å². The quantitative estimate of drug-likeness (QED) is 0.820. The number of carbonyl (C=O) groups is 2. The average Bonchev–Trinajstić information content (AvgIpc) is 2.40. The molecule has 1 rings (SSSR count). The summed E-state index contributed by atoms with van der Waals surface area (Å²) in [6.45, 7) is 12.5. The summed E-state index contributed by atoms with van der Waals surface area (Å²) < 4.78 is 0.0243. The SMILES string of the molecule is CCC(CC)(CN1C(=O)C(C)(C)NC(=O)C1C(C)C)SC. The number of hydrogen-bond donors (Lipinski definition) is 1. The maximum absolute atomic E-state index is 12.8. The first-order valence-corrected chi connectivity index (χ1v) is 9.04. The van der Waals surface area contributed by atoms with E-state index in [0.717, 1.165) is 12.8 Å². The molecule has 1 saturated heterocycles. The maximum Gasteiger partial charge on any atom is 0.248 e. The standard InChI is InChI=1S/C16H30N2O2S/c1-8-16(9-2,21-7)10-18-12(11(3)4)13(19)17-15(5,6)14(18)20/h11-12H,8-10H2,1-7H3,(H,17,19). The minimum atomic E-state index is -0.811. The number of nitrogens with one attached hydrogen (secondary N) is 1. The molecule has 0 bridgehead atoms. The molecule has 0 aromatic carbocycles. The van der Waals surface area contributed by atoms with E-state index in [4.69, 9.17) is 0 Å². The zero-order valence-electron chi connectivity index (χ0n) is 14.4. The molecule has 1 aliphatic rings. The van der Waals surface area contributed by atoms with Crippen LogP contribution in [0.5, 0.6) is 0 Å². The van der Waals surface area contributed by atoms with Crippen LogP contribution in [0.4, 0.5) is 0 Å². The van der Waals surface area contributed by atoms with Gasteiger partial charge >= 0.3 is 0 Å². The van der Waals surface area contributed by atoms with E-state index < -0.39 is 5.54 Å². The van der Waals surface area contributed by atoms with Crippen molar-refractivity contribution in [2.75, 3.05) is 12.8 Å². The first-order chi connectivity index (χ1) is 9.64. The van der Waals surface area contributed by atoms with Crippen LogP contribution in [0.3, 0.4) is 0 Å². The number of hydrogen-bond acceptors (Lipinski definition) is 3. The molecule has 21 heavy (non-hydrogen) atoms. The van der Waals surface area contributed by atoms with Crippen molar-refractivity contribution < 1.29 is 9.59 Å². The van der Waals surface area contributed by atoms with Crippen molar-refractivity contribution in [2.45, 2.75) is 70.7 Å². The van der Waals surface area contributed by atoms with Gasteiger partial charge in [0.1, 0.15) is 11.6 Å². The molecular formula is C16H30N2O2S. The Hall–Kier alpha value is -0.710. The van der Waals surface area contributed by atoms with Gasteiger partial charge in [-0.15, -0.1) is 0 Å². The topological polar surface area (TPSA) is 49.4 Å². The smallest absolute Gasteiger partial charge is 0.248 e. The van der Waals surface area contributed by atoms with Crippen molar-refractivity contribution >= 4 is 23.6 Å². The number of rotatable bonds is 6. The minimum absolute atomic E-state index is 0.0243. The number of thioether (sulfide) groups is 1. The fourth-order valence-corrected chi connectivity index (χ4v) is 3.88. The molecule has 1 heterocycles. The van der Waals surface area contributed by atoms with Gasteiger partial charge in [-0.2, -0.15) is 11.8 Å². The number of carbonyl (C=O) groups excluding carboxylic acids is 2. The number of amides is 2. The van der Waals surface area contributed by atoms with Gasteiger partial charge in [0.2, 0.25) is 11.8 Å². The molecule has 0 aliphatic carbocycles. The van der Waals surface area contributed by atoms with Gasteiger partial charge in [-0.25, -0.2) is 0 Å². The third kappa shape index (κ3) is 3.55. The molecule has 0 radical (unpaired) electrons. The van der Waals surface area contributed by atoms with Crippen molar-refractivity contribution in [3.63, 3.8) is 0 Å². The Morgan fingerprint density at radius 3 is 2.19 bits per heavy atom. The second-order valence-corrected chi connectivity index (χ2v) is 8.10. The molecule has 5 heteroatoms. The minimum Gasteiger partial charge on any atom is -0.340 e. The third-order valence-electron chi connectivity index (χ3n) is 4.65. The zero-order valence-corrected chi connectivity index (χ0v) is 15.3. The van der Waals surface area contributed by atoms with Gasteiger partial charge < -0.3 is 10.2 Å². The molecule has 1 N–H and O–H groups in total. The van der Waals surface area contributed by atoms with Crippen LogP contribution in [0.25, 0.3) is 0 Å². The first kappa shape index (κ1) is 18.3. The highest BCUT2D eigenvalue weighted by atomic mass is 32.2. The van der Waals surface area contributed by atoms with E-state index in [1.165, 1.54) is 0 Å². The van der Waals surface area contributed by atoms with Crippen LogP contribution in [-0.4, -0.2) is 45.8 Å². The van der Waals surface area contributed by atoms with E-state index in [1.54, 1.807) is 25.6 Å². The predicted octanol–water partition coefficient (Wildman–Crippen LogP) is 2.67. The molecule has 0 aromatic rings. The Balaban J connectivity index is 3.17. The van der Waals surface area contributed by atoms with E-state index in [-0.39, 0.29) is 28.5 Å². The van der Waals surface area contributed by atoms with Crippen molar-refractivity contribution in [2.24, 2.45) is 5.92 Å². The lowest BCUT2D eigenvalue weighted by Crippen LogP contribution is -2.70. The highest BCUT2D eigenvalue weighted by molar-refractivity contribution is 8.00. The fourth-order valence-electron chi connectivity index (χ4n) is 3.03. The summed E-state index contributed by atoms with van der Waals surface area (Å²) in [6.07, 6.45) is 4.07. The van der Waals surface area contributed by atoms with Crippen molar-refractivity contribution in [3.05, 3.63) is 0 Å². The summed E-state index contributed by atoms with van der Waals surface area (Å²) in [4.78, 5) is 27.1. The fraction of sp³-hybridized carbons (Fsp3) is 0.875. The van der Waals surface area contributed by atoms with Crippen molar-refractivity contribution in [3.8, 4) is 0 Å². The Kier molecular flexibility index (Phi) is 5.76. The molecule has 4 nitrogen and oxygen atoms in total. The van der Waals surface area contributed by atoms with Gasteiger partial charge in [-0.05, 0) is 38.9 Å². The lowest BCUT2D eigenvalue weighted by Gasteiger charge is -2.47. The molecule has 0 spiro atoms. The summed E-state index contributed by atoms with van der Waals surface area (Å²) in [5, 5.41) is 2.87. The second kappa shape index (κ2) is 6.59. The highest BCUT2D eigenvalue weighted by Crippen LogP contribution is 2.34. The van der Waals surface area contributed by atoms with Crippen LogP contribution >= 0.6 is 11.8 Å². The predicted molar refractivity (Wildman–Crippen MR) is 89.4 cm³/mol. The normalized spacial score (nSPS) is 22.7. The Bertz CT molecular complexity index is 395.